The summed E-state index contributed by atoms with van der Waals surface area (Å²) < 4.78 is 8.39. The summed E-state index contributed by atoms with van der Waals surface area (Å²) in [5.74, 6) is 0. The highest BCUT2D eigenvalue weighted by Crippen LogP contribution is 2.34. The van der Waals surface area contributed by atoms with Crippen LogP contribution in [0.5, 0.6) is 0 Å². The maximum atomic E-state index is 6.02. The van der Waals surface area contributed by atoms with Crippen LogP contribution in [-0.4, -0.2) is 11.8 Å². The Labute approximate surface area is 163 Å². The molecule has 0 amide bonds. The third-order valence-electron chi connectivity index (χ3n) is 5.76. The number of rotatable bonds is 2. The van der Waals surface area contributed by atoms with Gasteiger partial charge < -0.3 is 8.98 Å². The molecular formula is C25H18BNO. The normalized spacial score (nSPS) is 11.8. The van der Waals surface area contributed by atoms with Gasteiger partial charge in [0, 0.05) is 27.2 Å². The summed E-state index contributed by atoms with van der Waals surface area (Å²) in [4.78, 5) is 0. The Morgan fingerprint density at radius 1 is 0.643 bits per heavy atom. The van der Waals surface area contributed by atoms with Crippen molar-refractivity contribution in [2.24, 2.45) is 0 Å². The van der Waals surface area contributed by atoms with Gasteiger partial charge in [-0.05, 0) is 36.4 Å². The molecule has 6 aromatic rings. The number of furan rings is 1. The summed E-state index contributed by atoms with van der Waals surface area (Å²) in [5, 5.41) is 4.93. The van der Waals surface area contributed by atoms with Crippen LogP contribution < -0.4 is 5.46 Å². The van der Waals surface area contributed by atoms with Gasteiger partial charge in [0.05, 0.1) is 11.0 Å². The molecule has 2 nitrogen and oxygen atoms in total. The van der Waals surface area contributed by atoms with Crippen molar-refractivity contribution < 1.29 is 4.42 Å². The number of fused-ring (bicyclic) bond motifs is 6. The number of nitrogens with zero attached hydrogens (tertiary/aromatic N) is 1. The summed E-state index contributed by atoms with van der Waals surface area (Å²) in [6.07, 6.45) is 0. The highest BCUT2D eigenvalue weighted by molar-refractivity contribution is 6.52. The summed E-state index contributed by atoms with van der Waals surface area (Å²) in [5.41, 5.74) is 6.87. The Kier molecular flexibility index (Phi) is 3.21. The molecule has 4 aromatic carbocycles. The molecule has 0 fully saturated rings. The van der Waals surface area contributed by atoms with E-state index in [4.69, 9.17) is 4.42 Å². The molecule has 0 radical (unpaired) electrons. The van der Waals surface area contributed by atoms with Crippen molar-refractivity contribution in [2.75, 3.05) is 0 Å². The third-order valence-corrected chi connectivity index (χ3v) is 5.76. The topological polar surface area (TPSA) is 18.1 Å². The summed E-state index contributed by atoms with van der Waals surface area (Å²) >= 11 is 0. The van der Waals surface area contributed by atoms with E-state index >= 15 is 0 Å². The van der Waals surface area contributed by atoms with Crippen LogP contribution in [0, 0.1) is 0 Å². The minimum Gasteiger partial charge on any atom is -0.456 e. The van der Waals surface area contributed by atoms with Crippen molar-refractivity contribution in [1.82, 2.24) is 4.57 Å². The minimum atomic E-state index is 0.930. The summed E-state index contributed by atoms with van der Waals surface area (Å²) in [6.45, 7) is 2.21. The second-order valence-electron chi connectivity index (χ2n) is 7.34. The maximum Gasteiger partial charge on any atom is 0.154 e. The largest absolute Gasteiger partial charge is 0.456 e. The maximum absolute atomic E-state index is 6.02. The lowest BCUT2D eigenvalue weighted by atomic mass is 9.73. The molecule has 6 rings (SSSR count). The predicted octanol–water partition coefficient (Wildman–Crippen LogP) is 5.79. The van der Waals surface area contributed by atoms with Gasteiger partial charge in [-0.25, -0.2) is 0 Å². The number of hydrogen-bond donors (Lipinski definition) is 0. The predicted molar refractivity (Wildman–Crippen MR) is 121 cm³/mol. The standard InChI is InChI=1S/C25H18BNO/c1-26-16-10-12-23-20(14-16)18-6-2-4-8-22(18)27(23)17-11-13-25-21(15-17)19-7-3-5-9-24(19)28-25/h2-15,26H,1H3. The number of para-hydroxylation sites is 2. The molecule has 0 unspecified atom stereocenters. The van der Waals surface area contributed by atoms with E-state index in [2.05, 4.69) is 84.2 Å². The van der Waals surface area contributed by atoms with E-state index in [-0.39, 0.29) is 0 Å². The molecule has 0 bridgehead atoms. The molecule has 2 heterocycles. The Hall–Kier alpha value is -3.46. The lowest BCUT2D eigenvalue weighted by molar-refractivity contribution is 0.669. The van der Waals surface area contributed by atoms with Crippen LogP contribution in [0.4, 0.5) is 0 Å². The fourth-order valence-electron chi connectivity index (χ4n) is 4.37. The van der Waals surface area contributed by atoms with E-state index in [1.165, 1.54) is 27.3 Å². The highest BCUT2D eigenvalue weighted by Gasteiger charge is 2.14. The fraction of sp³-hybridized carbons (Fsp3) is 0.0400. The quantitative estimate of drug-likeness (QED) is 0.358. The molecule has 28 heavy (non-hydrogen) atoms. The van der Waals surface area contributed by atoms with Crippen LogP contribution in [-0.2, 0) is 0 Å². The van der Waals surface area contributed by atoms with Crippen molar-refractivity contribution in [3.8, 4) is 5.69 Å². The number of aromatic nitrogens is 1. The van der Waals surface area contributed by atoms with Crippen LogP contribution in [0.25, 0.3) is 49.4 Å². The molecule has 0 atom stereocenters. The molecule has 3 heteroatoms. The lowest BCUT2D eigenvalue weighted by Crippen LogP contribution is -2.09. The van der Waals surface area contributed by atoms with Gasteiger partial charge in [-0.1, -0.05) is 60.8 Å². The Balaban J connectivity index is 1.72. The molecular weight excluding hydrogens is 341 g/mol. The lowest BCUT2D eigenvalue weighted by Gasteiger charge is -2.08. The van der Waals surface area contributed by atoms with Crippen molar-refractivity contribution in [3.05, 3.63) is 84.9 Å². The molecule has 0 spiro atoms. The number of hydrogen-bond acceptors (Lipinski definition) is 1. The van der Waals surface area contributed by atoms with E-state index in [1.54, 1.807) is 0 Å². The average Bonchev–Trinajstić information content (AvgIpc) is 3.28. The fourth-order valence-corrected chi connectivity index (χ4v) is 4.37. The Morgan fingerprint density at radius 3 is 2.29 bits per heavy atom. The zero-order valence-electron chi connectivity index (χ0n) is 15.6. The van der Waals surface area contributed by atoms with Crippen LogP contribution in [0.1, 0.15) is 0 Å². The first kappa shape index (κ1) is 15.6. The first-order chi connectivity index (χ1) is 13.8. The second kappa shape index (κ2) is 5.77. The SMILES string of the molecule is CBc1ccc2c(c1)c1ccccc1n2-c1ccc2oc3ccccc3c2c1. The van der Waals surface area contributed by atoms with Gasteiger partial charge in [0.2, 0.25) is 0 Å². The van der Waals surface area contributed by atoms with Crippen LogP contribution in [0.15, 0.2) is 89.3 Å². The summed E-state index contributed by atoms with van der Waals surface area (Å²) in [6, 6.07) is 30.2. The van der Waals surface area contributed by atoms with Gasteiger partial charge in [0.15, 0.2) is 7.28 Å². The molecule has 0 N–H and O–H groups in total. The minimum absolute atomic E-state index is 0.930. The van der Waals surface area contributed by atoms with Gasteiger partial charge in [-0.2, -0.15) is 0 Å². The molecule has 0 aliphatic carbocycles. The number of benzene rings is 4. The second-order valence-corrected chi connectivity index (χ2v) is 7.34. The van der Waals surface area contributed by atoms with Crippen molar-refractivity contribution >= 4 is 56.5 Å². The molecule has 0 aliphatic heterocycles. The van der Waals surface area contributed by atoms with Gasteiger partial charge in [0.25, 0.3) is 0 Å². The first-order valence-corrected chi connectivity index (χ1v) is 9.77. The van der Waals surface area contributed by atoms with Crippen molar-refractivity contribution in [2.45, 2.75) is 6.82 Å². The zero-order valence-corrected chi connectivity index (χ0v) is 15.6. The highest BCUT2D eigenvalue weighted by atomic mass is 16.3. The van der Waals surface area contributed by atoms with Gasteiger partial charge in [-0.3, -0.25) is 0 Å². The van der Waals surface area contributed by atoms with E-state index < -0.39 is 0 Å². The molecule has 2 aromatic heterocycles. The molecule has 0 saturated heterocycles. The van der Waals surface area contributed by atoms with Crippen LogP contribution >= 0.6 is 0 Å². The zero-order chi connectivity index (χ0) is 18.7. The molecule has 132 valence electrons. The van der Waals surface area contributed by atoms with Crippen molar-refractivity contribution in [1.29, 1.82) is 0 Å². The van der Waals surface area contributed by atoms with E-state index in [0.29, 0.717) is 0 Å². The Morgan fingerprint density at radius 2 is 1.39 bits per heavy atom. The third kappa shape index (κ3) is 2.10. The van der Waals surface area contributed by atoms with Crippen LogP contribution in [0.2, 0.25) is 6.82 Å². The monoisotopic (exact) mass is 359 g/mol. The first-order valence-electron chi connectivity index (χ1n) is 9.77. The Bertz CT molecular complexity index is 1510. The van der Waals surface area contributed by atoms with E-state index in [9.17, 15) is 0 Å². The van der Waals surface area contributed by atoms with E-state index in [1.807, 2.05) is 12.1 Å². The summed E-state index contributed by atoms with van der Waals surface area (Å²) in [7, 11) is 1.04. The van der Waals surface area contributed by atoms with E-state index in [0.717, 1.165) is 34.9 Å². The van der Waals surface area contributed by atoms with Crippen LogP contribution in [0.3, 0.4) is 0 Å². The van der Waals surface area contributed by atoms with Crippen molar-refractivity contribution in [3.63, 3.8) is 0 Å². The smallest absolute Gasteiger partial charge is 0.154 e. The molecule has 0 saturated carbocycles. The van der Waals surface area contributed by atoms with Gasteiger partial charge in [0.1, 0.15) is 11.2 Å². The average molecular weight is 359 g/mol. The van der Waals surface area contributed by atoms with Gasteiger partial charge in [-0.15, -0.1) is 0 Å². The molecule has 0 aliphatic rings. The van der Waals surface area contributed by atoms with Gasteiger partial charge >= 0.3 is 0 Å².